The largest absolute Gasteiger partial charge is 0.496 e. The Morgan fingerprint density at radius 2 is 2.26 bits per heavy atom. The van der Waals surface area contributed by atoms with E-state index in [1.807, 2.05) is 47.8 Å². The minimum Gasteiger partial charge on any atom is -0.496 e. The van der Waals surface area contributed by atoms with Gasteiger partial charge >= 0.3 is 6.03 Å². The molecule has 0 saturated heterocycles. The van der Waals surface area contributed by atoms with Gasteiger partial charge in [-0.1, -0.05) is 6.07 Å². The van der Waals surface area contributed by atoms with Crippen LogP contribution < -0.4 is 10.1 Å². The summed E-state index contributed by atoms with van der Waals surface area (Å²) in [6.45, 7) is 2.49. The molecule has 0 unspecified atom stereocenters. The molecule has 1 aliphatic carbocycles. The van der Waals surface area contributed by atoms with Gasteiger partial charge in [-0.15, -0.1) is 0 Å². The monoisotopic (exact) mass is 314 g/mol. The number of aryl methyl sites for hydroxylation is 2. The minimum absolute atomic E-state index is 0.0959. The SMILES string of the molecule is COc1cc(NC(=O)N(Cc2nccn2C)C2CC2)ccc1C. The molecule has 6 nitrogen and oxygen atoms in total. The van der Waals surface area contributed by atoms with E-state index in [1.165, 1.54) is 0 Å². The molecule has 122 valence electrons. The number of anilines is 1. The number of nitrogens with one attached hydrogen (secondary N) is 1. The predicted octanol–water partition coefficient (Wildman–Crippen LogP) is 2.93. The summed E-state index contributed by atoms with van der Waals surface area (Å²) in [5.74, 6) is 1.65. The molecule has 6 heteroatoms. The Morgan fingerprint density at radius 3 is 2.87 bits per heavy atom. The van der Waals surface area contributed by atoms with E-state index in [1.54, 1.807) is 13.3 Å². The zero-order valence-corrected chi connectivity index (χ0v) is 13.7. The Morgan fingerprint density at radius 1 is 1.48 bits per heavy atom. The van der Waals surface area contributed by atoms with Crippen LogP contribution in [0.15, 0.2) is 30.6 Å². The summed E-state index contributed by atoms with van der Waals surface area (Å²) < 4.78 is 7.25. The van der Waals surface area contributed by atoms with Crippen LogP contribution in [0.2, 0.25) is 0 Å². The highest BCUT2D eigenvalue weighted by Gasteiger charge is 2.33. The third kappa shape index (κ3) is 3.47. The summed E-state index contributed by atoms with van der Waals surface area (Å²) in [4.78, 5) is 18.8. The van der Waals surface area contributed by atoms with Crippen molar-refractivity contribution in [1.82, 2.24) is 14.5 Å². The molecule has 1 fully saturated rings. The van der Waals surface area contributed by atoms with Crippen LogP contribution >= 0.6 is 0 Å². The lowest BCUT2D eigenvalue weighted by molar-refractivity contribution is 0.204. The zero-order valence-electron chi connectivity index (χ0n) is 13.7. The Balaban J connectivity index is 1.73. The van der Waals surface area contributed by atoms with Gasteiger partial charge in [0.25, 0.3) is 0 Å². The zero-order chi connectivity index (χ0) is 16.4. The summed E-state index contributed by atoms with van der Waals surface area (Å²) >= 11 is 0. The van der Waals surface area contributed by atoms with E-state index in [0.717, 1.165) is 35.7 Å². The highest BCUT2D eigenvalue weighted by atomic mass is 16.5. The Kier molecular flexibility index (Phi) is 4.23. The van der Waals surface area contributed by atoms with E-state index in [0.29, 0.717) is 12.6 Å². The van der Waals surface area contributed by atoms with E-state index < -0.39 is 0 Å². The van der Waals surface area contributed by atoms with Gasteiger partial charge in [0.05, 0.1) is 13.7 Å². The number of carbonyl (C=O) groups is 1. The van der Waals surface area contributed by atoms with Crippen molar-refractivity contribution in [2.75, 3.05) is 12.4 Å². The highest BCUT2D eigenvalue weighted by Crippen LogP contribution is 2.29. The van der Waals surface area contributed by atoms with Gasteiger partial charge in [0.15, 0.2) is 0 Å². The van der Waals surface area contributed by atoms with Crippen molar-refractivity contribution in [3.63, 3.8) is 0 Å². The summed E-state index contributed by atoms with van der Waals surface area (Å²) in [5, 5.41) is 2.97. The predicted molar refractivity (Wildman–Crippen MR) is 88.5 cm³/mol. The average molecular weight is 314 g/mol. The first-order chi connectivity index (χ1) is 11.1. The fraction of sp³-hybridized carbons (Fsp3) is 0.412. The van der Waals surface area contributed by atoms with Gasteiger partial charge in [0, 0.05) is 37.2 Å². The molecule has 3 rings (SSSR count). The molecule has 1 aromatic heterocycles. The number of imidazole rings is 1. The van der Waals surface area contributed by atoms with Crippen molar-refractivity contribution in [3.05, 3.63) is 42.0 Å². The summed E-state index contributed by atoms with van der Waals surface area (Å²) in [5.41, 5.74) is 1.78. The van der Waals surface area contributed by atoms with Gasteiger partial charge in [-0.3, -0.25) is 0 Å². The lowest BCUT2D eigenvalue weighted by atomic mass is 10.2. The number of rotatable bonds is 5. The molecule has 1 saturated carbocycles. The van der Waals surface area contributed by atoms with Crippen LogP contribution in [0, 0.1) is 6.92 Å². The lowest BCUT2D eigenvalue weighted by Crippen LogP contribution is -2.37. The molecular weight excluding hydrogens is 292 g/mol. The van der Waals surface area contributed by atoms with Crippen molar-refractivity contribution in [1.29, 1.82) is 0 Å². The number of nitrogens with zero attached hydrogens (tertiary/aromatic N) is 3. The van der Waals surface area contributed by atoms with Crippen molar-refractivity contribution in [2.45, 2.75) is 32.4 Å². The van der Waals surface area contributed by atoms with Crippen LogP contribution in [-0.4, -0.2) is 33.6 Å². The fourth-order valence-corrected chi connectivity index (χ4v) is 2.55. The van der Waals surface area contributed by atoms with Crippen molar-refractivity contribution >= 4 is 11.7 Å². The van der Waals surface area contributed by atoms with Crippen LogP contribution in [0.4, 0.5) is 10.5 Å². The number of urea groups is 1. The van der Waals surface area contributed by atoms with Gasteiger partial charge in [0.1, 0.15) is 11.6 Å². The highest BCUT2D eigenvalue weighted by molar-refractivity contribution is 5.90. The third-order valence-corrected chi connectivity index (χ3v) is 4.14. The van der Waals surface area contributed by atoms with Gasteiger partial charge in [-0.25, -0.2) is 9.78 Å². The molecular formula is C17H22N4O2. The molecule has 0 bridgehead atoms. The van der Waals surface area contributed by atoms with Crippen molar-refractivity contribution in [3.8, 4) is 5.75 Å². The maximum Gasteiger partial charge on any atom is 0.322 e. The molecule has 0 spiro atoms. The first kappa shape index (κ1) is 15.4. The molecule has 2 amide bonds. The molecule has 1 heterocycles. The number of ether oxygens (including phenoxy) is 1. The second kappa shape index (κ2) is 6.32. The number of carbonyl (C=O) groups excluding carboxylic acids is 1. The van der Waals surface area contributed by atoms with Crippen LogP contribution in [0.25, 0.3) is 0 Å². The average Bonchev–Trinajstić information content (AvgIpc) is 3.29. The van der Waals surface area contributed by atoms with Crippen molar-refractivity contribution in [2.24, 2.45) is 7.05 Å². The van der Waals surface area contributed by atoms with Crippen LogP contribution in [0.3, 0.4) is 0 Å². The summed E-state index contributed by atoms with van der Waals surface area (Å²) in [6.07, 6.45) is 5.75. The van der Waals surface area contributed by atoms with E-state index in [4.69, 9.17) is 4.74 Å². The number of methoxy groups -OCH3 is 1. The molecule has 2 aromatic rings. The van der Waals surface area contributed by atoms with Crippen LogP contribution in [0.5, 0.6) is 5.75 Å². The topological polar surface area (TPSA) is 59.4 Å². The molecule has 0 radical (unpaired) electrons. The maximum absolute atomic E-state index is 12.7. The number of hydrogen-bond acceptors (Lipinski definition) is 3. The minimum atomic E-state index is -0.0959. The van der Waals surface area contributed by atoms with Gasteiger partial charge in [-0.05, 0) is 31.4 Å². The molecule has 23 heavy (non-hydrogen) atoms. The standard InChI is InChI=1S/C17H22N4O2/c1-12-4-5-13(10-15(12)23-3)19-17(22)21(14-6-7-14)11-16-18-8-9-20(16)2/h4-5,8-10,14H,6-7,11H2,1-3H3,(H,19,22). The second-order valence-electron chi connectivity index (χ2n) is 5.93. The summed E-state index contributed by atoms with van der Waals surface area (Å²) in [6, 6.07) is 5.88. The molecule has 1 N–H and O–H groups in total. The quantitative estimate of drug-likeness (QED) is 0.923. The van der Waals surface area contributed by atoms with E-state index in [2.05, 4.69) is 10.3 Å². The molecule has 1 aliphatic rings. The van der Waals surface area contributed by atoms with Gasteiger partial charge < -0.3 is 19.5 Å². The fourth-order valence-electron chi connectivity index (χ4n) is 2.55. The van der Waals surface area contributed by atoms with E-state index in [-0.39, 0.29) is 6.03 Å². The Bertz CT molecular complexity index is 706. The molecule has 0 aliphatic heterocycles. The lowest BCUT2D eigenvalue weighted by Gasteiger charge is -2.22. The number of aromatic nitrogens is 2. The Labute approximate surface area is 136 Å². The first-order valence-corrected chi connectivity index (χ1v) is 7.77. The normalized spacial score (nSPS) is 13.7. The number of benzene rings is 1. The number of hydrogen-bond donors (Lipinski definition) is 1. The van der Waals surface area contributed by atoms with Crippen LogP contribution in [-0.2, 0) is 13.6 Å². The van der Waals surface area contributed by atoms with Crippen molar-refractivity contribution < 1.29 is 9.53 Å². The van der Waals surface area contributed by atoms with Gasteiger partial charge in [-0.2, -0.15) is 0 Å². The first-order valence-electron chi connectivity index (χ1n) is 7.77. The second-order valence-corrected chi connectivity index (χ2v) is 5.93. The van der Waals surface area contributed by atoms with E-state index >= 15 is 0 Å². The van der Waals surface area contributed by atoms with Gasteiger partial charge in [0.2, 0.25) is 0 Å². The molecule has 0 atom stereocenters. The number of amides is 2. The molecule has 1 aromatic carbocycles. The summed E-state index contributed by atoms with van der Waals surface area (Å²) in [7, 11) is 3.57. The smallest absolute Gasteiger partial charge is 0.322 e. The van der Waals surface area contributed by atoms with Crippen LogP contribution in [0.1, 0.15) is 24.2 Å². The van der Waals surface area contributed by atoms with E-state index in [9.17, 15) is 4.79 Å². The third-order valence-electron chi connectivity index (χ3n) is 4.14. The maximum atomic E-state index is 12.7. The Hall–Kier alpha value is -2.50.